The summed E-state index contributed by atoms with van der Waals surface area (Å²) in [4.78, 5) is 0. The summed E-state index contributed by atoms with van der Waals surface area (Å²) >= 11 is 0. The minimum atomic E-state index is -0.495. The molecule has 0 aliphatic heterocycles. The highest BCUT2D eigenvalue weighted by atomic mass is 16.5. The number of hydrogen-bond donors (Lipinski definition) is 1. The van der Waals surface area contributed by atoms with E-state index >= 15 is 0 Å². The highest BCUT2D eigenvalue weighted by molar-refractivity contribution is 5.26. The summed E-state index contributed by atoms with van der Waals surface area (Å²) in [5.41, 5.74) is 0.725. The molecule has 1 saturated carbocycles. The molecule has 19 heavy (non-hydrogen) atoms. The van der Waals surface area contributed by atoms with Crippen LogP contribution in [0.4, 0.5) is 0 Å². The maximum absolute atomic E-state index is 9.35. The van der Waals surface area contributed by atoms with Gasteiger partial charge in [-0.1, -0.05) is 17.7 Å². The van der Waals surface area contributed by atoms with Crippen LogP contribution in [0.1, 0.15) is 38.7 Å². The van der Waals surface area contributed by atoms with Crippen LogP contribution in [-0.2, 0) is 0 Å². The smallest absolute Gasteiger partial charge is 0.119 e. The molecule has 1 N–H and O–H groups in total. The zero-order chi connectivity index (χ0) is 13.9. The van der Waals surface area contributed by atoms with E-state index in [-0.39, 0.29) is 6.10 Å². The van der Waals surface area contributed by atoms with E-state index in [9.17, 15) is 5.26 Å². The molecule has 2 rings (SSSR count). The van der Waals surface area contributed by atoms with Crippen molar-refractivity contribution in [1.29, 1.82) is 5.26 Å². The van der Waals surface area contributed by atoms with Crippen molar-refractivity contribution in [3.63, 3.8) is 0 Å². The van der Waals surface area contributed by atoms with Crippen molar-refractivity contribution in [2.24, 2.45) is 0 Å². The van der Waals surface area contributed by atoms with Crippen LogP contribution in [0.2, 0.25) is 0 Å². The molecular formula is C16H22N2O. The van der Waals surface area contributed by atoms with Crippen molar-refractivity contribution in [3.8, 4) is 11.8 Å². The number of rotatable bonds is 6. The Balaban J connectivity index is 1.90. The quantitative estimate of drug-likeness (QED) is 0.852. The van der Waals surface area contributed by atoms with Crippen molar-refractivity contribution >= 4 is 0 Å². The SMILES string of the molecule is Cc1ccc(OC(C)CC(C)(C#N)NC2CC2)cc1. The van der Waals surface area contributed by atoms with Gasteiger partial charge in [-0.05, 0) is 45.7 Å². The number of aryl methyl sites for hydroxylation is 1. The minimum absolute atomic E-state index is 0.0126. The van der Waals surface area contributed by atoms with Gasteiger partial charge in [0.25, 0.3) is 0 Å². The maximum Gasteiger partial charge on any atom is 0.119 e. The predicted molar refractivity (Wildman–Crippen MR) is 76.1 cm³/mol. The van der Waals surface area contributed by atoms with Gasteiger partial charge in [0.1, 0.15) is 11.3 Å². The van der Waals surface area contributed by atoms with Crippen LogP contribution in [-0.4, -0.2) is 17.7 Å². The van der Waals surface area contributed by atoms with Gasteiger partial charge in [0.2, 0.25) is 0 Å². The third-order valence-corrected chi connectivity index (χ3v) is 3.40. The molecule has 1 aromatic rings. The first-order valence-electron chi connectivity index (χ1n) is 6.93. The minimum Gasteiger partial charge on any atom is -0.491 e. The molecule has 0 aromatic heterocycles. The number of nitrogens with zero attached hydrogens (tertiary/aromatic N) is 1. The Bertz CT molecular complexity index is 459. The summed E-state index contributed by atoms with van der Waals surface area (Å²) in [6.45, 7) is 6.03. The van der Waals surface area contributed by atoms with Gasteiger partial charge in [-0.2, -0.15) is 5.26 Å². The Morgan fingerprint density at radius 2 is 2.05 bits per heavy atom. The van der Waals surface area contributed by atoms with Crippen LogP contribution in [0, 0.1) is 18.3 Å². The summed E-state index contributed by atoms with van der Waals surface area (Å²) in [6, 6.07) is 10.9. The fourth-order valence-corrected chi connectivity index (χ4v) is 2.28. The Morgan fingerprint density at radius 1 is 1.42 bits per heavy atom. The van der Waals surface area contributed by atoms with Crippen LogP contribution in [0.25, 0.3) is 0 Å². The molecule has 2 atom stereocenters. The number of benzene rings is 1. The first-order valence-corrected chi connectivity index (χ1v) is 6.93. The third-order valence-electron chi connectivity index (χ3n) is 3.40. The molecule has 0 radical (unpaired) electrons. The summed E-state index contributed by atoms with van der Waals surface area (Å²) in [5.74, 6) is 0.866. The normalized spacial score (nSPS) is 19.3. The molecule has 0 amide bonds. The molecule has 3 heteroatoms. The second-order valence-corrected chi connectivity index (χ2v) is 5.81. The second kappa shape index (κ2) is 5.63. The molecule has 1 aromatic carbocycles. The zero-order valence-electron chi connectivity index (χ0n) is 11.9. The van der Waals surface area contributed by atoms with E-state index in [1.54, 1.807) is 0 Å². The lowest BCUT2D eigenvalue weighted by atomic mass is 9.96. The zero-order valence-corrected chi connectivity index (χ0v) is 11.9. The van der Waals surface area contributed by atoms with Gasteiger partial charge < -0.3 is 4.74 Å². The lowest BCUT2D eigenvalue weighted by molar-refractivity contribution is 0.179. The Labute approximate surface area is 115 Å². The average Bonchev–Trinajstić information content (AvgIpc) is 3.15. The van der Waals surface area contributed by atoms with Crippen molar-refractivity contribution in [2.45, 2.75) is 57.7 Å². The van der Waals surface area contributed by atoms with Crippen LogP contribution >= 0.6 is 0 Å². The van der Waals surface area contributed by atoms with E-state index in [2.05, 4.69) is 18.3 Å². The second-order valence-electron chi connectivity index (χ2n) is 5.81. The molecule has 1 aliphatic carbocycles. The van der Waals surface area contributed by atoms with Crippen LogP contribution in [0.15, 0.2) is 24.3 Å². The lowest BCUT2D eigenvalue weighted by Gasteiger charge is -2.27. The number of nitriles is 1. The summed E-state index contributed by atoms with van der Waals surface area (Å²) < 4.78 is 5.88. The molecular weight excluding hydrogens is 236 g/mol. The van der Waals surface area contributed by atoms with Crippen molar-refractivity contribution in [2.75, 3.05) is 0 Å². The first-order chi connectivity index (χ1) is 9.00. The molecule has 0 bridgehead atoms. The van der Waals surface area contributed by atoms with E-state index in [0.29, 0.717) is 12.5 Å². The maximum atomic E-state index is 9.35. The largest absolute Gasteiger partial charge is 0.491 e. The summed E-state index contributed by atoms with van der Waals surface area (Å²) in [6.07, 6.45) is 3.07. The standard InChI is InChI=1S/C16H22N2O/c1-12-4-8-15(9-5-12)19-13(2)10-16(3,11-17)18-14-6-7-14/h4-5,8-9,13-14,18H,6-7,10H2,1-3H3. The van der Waals surface area contributed by atoms with E-state index in [0.717, 1.165) is 5.75 Å². The van der Waals surface area contributed by atoms with Gasteiger partial charge in [0.05, 0.1) is 12.2 Å². The average molecular weight is 258 g/mol. The third kappa shape index (κ3) is 4.25. The topological polar surface area (TPSA) is 45.0 Å². The first kappa shape index (κ1) is 13.9. The molecule has 0 heterocycles. The predicted octanol–water partition coefficient (Wildman–Crippen LogP) is 3.19. The van der Waals surface area contributed by atoms with E-state index in [1.807, 2.05) is 38.1 Å². The number of nitrogens with one attached hydrogen (secondary N) is 1. The van der Waals surface area contributed by atoms with Gasteiger partial charge >= 0.3 is 0 Å². The Hall–Kier alpha value is -1.53. The van der Waals surface area contributed by atoms with Crippen molar-refractivity contribution in [3.05, 3.63) is 29.8 Å². The van der Waals surface area contributed by atoms with E-state index < -0.39 is 5.54 Å². The van der Waals surface area contributed by atoms with Gasteiger partial charge in [-0.15, -0.1) is 0 Å². The van der Waals surface area contributed by atoms with Gasteiger partial charge in [0.15, 0.2) is 0 Å². The van der Waals surface area contributed by atoms with E-state index in [4.69, 9.17) is 4.74 Å². The van der Waals surface area contributed by atoms with Gasteiger partial charge in [0, 0.05) is 12.5 Å². The fourth-order valence-electron chi connectivity index (χ4n) is 2.28. The van der Waals surface area contributed by atoms with Crippen LogP contribution in [0.3, 0.4) is 0 Å². The highest BCUT2D eigenvalue weighted by Gasteiger charge is 2.34. The molecule has 2 unspecified atom stereocenters. The monoisotopic (exact) mass is 258 g/mol. The molecule has 0 spiro atoms. The molecule has 0 saturated heterocycles. The lowest BCUT2D eigenvalue weighted by Crippen LogP contribution is -2.45. The molecule has 1 fully saturated rings. The number of ether oxygens (including phenoxy) is 1. The van der Waals surface area contributed by atoms with Crippen molar-refractivity contribution in [1.82, 2.24) is 5.32 Å². The number of hydrogen-bond acceptors (Lipinski definition) is 3. The van der Waals surface area contributed by atoms with Crippen LogP contribution < -0.4 is 10.1 Å². The Kier molecular flexibility index (Phi) is 4.11. The van der Waals surface area contributed by atoms with Crippen LogP contribution in [0.5, 0.6) is 5.75 Å². The molecule has 3 nitrogen and oxygen atoms in total. The highest BCUT2D eigenvalue weighted by Crippen LogP contribution is 2.25. The van der Waals surface area contributed by atoms with Gasteiger partial charge in [-0.3, -0.25) is 5.32 Å². The van der Waals surface area contributed by atoms with Crippen molar-refractivity contribution < 1.29 is 4.74 Å². The molecule has 1 aliphatic rings. The summed E-state index contributed by atoms with van der Waals surface area (Å²) in [7, 11) is 0. The summed E-state index contributed by atoms with van der Waals surface area (Å²) in [5, 5.41) is 12.7. The van der Waals surface area contributed by atoms with Gasteiger partial charge in [-0.25, -0.2) is 0 Å². The fraction of sp³-hybridized carbons (Fsp3) is 0.562. The van der Waals surface area contributed by atoms with E-state index in [1.165, 1.54) is 18.4 Å². The Morgan fingerprint density at radius 3 is 2.58 bits per heavy atom. The molecule has 102 valence electrons.